The molecule has 0 bridgehead atoms. The second-order valence-electron chi connectivity index (χ2n) is 4.93. The van der Waals surface area contributed by atoms with E-state index in [-0.39, 0.29) is 5.78 Å². The maximum absolute atomic E-state index is 12.5. The minimum Gasteiger partial charge on any atom is -0.497 e. The van der Waals surface area contributed by atoms with Crippen LogP contribution in [-0.2, 0) is 6.42 Å². The summed E-state index contributed by atoms with van der Waals surface area (Å²) >= 11 is 0. The lowest BCUT2D eigenvalue weighted by molar-refractivity contribution is 0.102. The van der Waals surface area contributed by atoms with Crippen LogP contribution in [-0.4, -0.2) is 12.9 Å². The van der Waals surface area contributed by atoms with Gasteiger partial charge in [-0.05, 0) is 42.2 Å². The zero-order chi connectivity index (χ0) is 13.9. The van der Waals surface area contributed by atoms with Gasteiger partial charge in [0.15, 0.2) is 5.78 Å². The quantitative estimate of drug-likeness (QED) is 0.769. The van der Waals surface area contributed by atoms with Gasteiger partial charge >= 0.3 is 0 Å². The summed E-state index contributed by atoms with van der Waals surface area (Å²) in [7, 11) is 1.65. The molecule has 0 radical (unpaired) electrons. The van der Waals surface area contributed by atoms with E-state index < -0.39 is 0 Å². The Bertz CT molecular complexity index is 683. The van der Waals surface area contributed by atoms with Crippen molar-refractivity contribution in [3.05, 3.63) is 70.8 Å². The van der Waals surface area contributed by atoms with Crippen LogP contribution in [0.4, 0.5) is 0 Å². The van der Waals surface area contributed by atoms with E-state index in [4.69, 9.17) is 4.74 Å². The van der Waals surface area contributed by atoms with Crippen LogP contribution in [0.1, 0.15) is 27.9 Å². The number of hydrogen-bond acceptors (Lipinski definition) is 2. The van der Waals surface area contributed by atoms with Crippen molar-refractivity contribution >= 4 is 11.9 Å². The minimum atomic E-state index is 0.148. The number of ketones is 1. The van der Waals surface area contributed by atoms with Crippen molar-refractivity contribution in [3.8, 4) is 5.75 Å². The predicted molar refractivity (Wildman–Crippen MR) is 80.1 cm³/mol. The number of rotatable bonds is 2. The average molecular weight is 264 g/mol. The van der Waals surface area contributed by atoms with E-state index in [2.05, 4.69) is 0 Å². The molecular weight excluding hydrogens is 248 g/mol. The Morgan fingerprint density at radius 1 is 1.05 bits per heavy atom. The van der Waals surface area contributed by atoms with Gasteiger partial charge in [0.25, 0.3) is 0 Å². The molecule has 0 unspecified atom stereocenters. The summed E-state index contributed by atoms with van der Waals surface area (Å²) in [5, 5.41) is 0. The molecule has 0 spiro atoms. The molecule has 0 aliphatic heterocycles. The molecule has 0 saturated heterocycles. The molecule has 0 fully saturated rings. The molecule has 0 aromatic heterocycles. The summed E-state index contributed by atoms with van der Waals surface area (Å²) in [5.41, 5.74) is 3.87. The zero-order valence-electron chi connectivity index (χ0n) is 11.4. The average Bonchev–Trinajstić information content (AvgIpc) is 2.50. The van der Waals surface area contributed by atoms with E-state index >= 15 is 0 Å². The Morgan fingerprint density at radius 3 is 2.75 bits per heavy atom. The van der Waals surface area contributed by atoms with Crippen LogP contribution in [0.25, 0.3) is 6.08 Å². The summed E-state index contributed by atoms with van der Waals surface area (Å²) in [5.74, 6) is 0.956. The molecule has 100 valence electrons. The normalized spacial score (nSPS) is 16.1. The number of methoxy groups -OCH3 is 1. The van der Waals surface area contributed by atoms with E-state index in [1.165, 1.54) is 0 Å². The summed E-state index contributed by atoms with van der Waals surface area (Å²) in [4.78, 5) is 12.5. The van der Waals surface area contributed by atoms with Crippen LogP contribution in [0.3, 0.4) is 0 Å². The van der Waals surface area contributed by atoms with Gasteiger partial charge in [-0.15, -0.1) is 0 Å². The van der Waals surface area contributed by atoms with E-state index in [0.29, 0.717) is 0 Å². The first-order chi connectivity index (χ1) is 9.78. The molecule has 0 amide bonds. The first-order valence-electron chi connectivity index (χ1n) is 6.75. The Hall–Kier alpha value is -2.35. The third-order valence-corrected chi connectivity index (χ3v) is 3.65. The van der Waals surface area contributed by atoms with Gasteiger partial charge in [-0.2, -0.15) is 0 Å². The monoisotopic (exact) mass is 264 g/mol. The van der Waals surface area contributed by atoms with Crippen molar-refractivity contribution in [3.63, 3.8) is 0 Å². The third kappa shape index (κ3) is 2.37. The molecule has 2 aromatic carbocycles. The molecule has 2 nitrogen and oxygen atoms in total. The lowest BCUT2D eigenvalue weighted by Gasteiger charge is -2.17. The molecule has 0 heterocycles. The molecule has 1 aliphatic rings. The number of fused-ring (bicyclic) bond motifs is 1. The van der Waals surface area contributed by atoms with Gasteiger partial charge in [-0.25, -0.2) is 0 Å². The molecule has 3 rings (SSSR count). The highest BCUT2D eigenvalue weighted by molar-refractivity contribution is 6.13. The minimum absolute atomic E-state index is 0.148. The molecule has 0 N–H and O–H groups in total. The van der Waals surface area contributed by atoms with Gasteiger partial charge in [0.1, 0.15) is 5.75 Å². The van der Waals surface area contributed by atoms with Crippen molar-refractivity contribution < 1.29 is 9.53 Å². The van der Waals surface area contributed by atoms with Crippen molar-refractivity contribution in [1.82, 2.24) is 0 Å². The van der Waals surface area contributed by atoms with Crippen LogP contribution < -0.4 is 4.74 Å². The third-order valence-electron chi connectivity index (χ3n) is 3.65. The zero-order valence-corrected chi connectivity index (χ0v) is 11.4. The van der Waals surface area contributed by atoms with Gasteiger partial charge < -0.3 is 4.74 Å². The van der Waals surface area contributed by atoms with Gasteiger partial charge in [0.2, 0.25) is 0 Å². The SMILES string of the molecule is COc1cccc(/C=C2/CCc3ccccc3C2=O)c1. The number of hydrogen-bond donors (Lipinski definition) is 0. The fourth-order valence-corrected chi connectivity index (χ4v) is 2.59. The Morgan fingerprint density at radius 2 is 1.90 bits per heavy atom. The van der Waals surface area contributed by atoms with Gasteiger partial charge in [0, 0.05) is 11.1 Å². The van der Waals surface area contributed by atoms with Crippen LogP contribution in [0.15, 0.2) is 54.1 Å². The highest BCUT2D eigenvalue weighted by Gasteiger charge is 2.20. The number of carbonyl (C=O) groups excluding carboxylic acids is 1. The fourth-order valence-electron chi connectivity index (χ4n) is 2.59. The lowest BCUT2D eigenvalue weighted by atomic mass is 9.86. The number of Topliss-reactive ketones (excluding diaryl/α,β-unsaturated/α-hetero) is 1. The number of ether oxygens (including phenoxy) is 1. The number of aryl methyl sites for hydroxylation is 1. The van der Waals surface area contributed by atoms with Crippen molar-refractivity contribution in [2.45, 2.75) is 12.8 Å². The summed E-state index contributed by atoms with van der Waals surface area (Å²) in [6.45, 7) is 0. The van der Waals surface area contributed by atoms with Crippen LogP contribution in [0.5, 0.6) is 5.75 Å². The standard InChI is InChI=1S/C18H16O2/c1-20-16-7-4-5-13(12-16)11-15-10-9-14-6-2-3-8-17(14)18(15)19/h2-8,11-12H,9-10H2,1H3/b15-11-. The Balaban J connectivity index is 1.95. The highest BCUT2D eigenvalue weighted by Crippen LogP contribution is 2.27. The number of carbonyl (C=O) groups is 1. The predicted octanol–water partition coefficient (Wildman–Crippen LogP) is 3.91. The molecular formula is C18H16O2. The number of allylic oxidation sites excluding steroid dienone is 1. The Kier molecular flexibility index (Phi) is 3.38. The first kappa shape index (κ1) is 12.7. The maximum atomic E-state index is 12.5. The fraction of sp³-hybridized carbons (Fsp3) is 0.167. The molecule has 0 atom stereocenters. The molecule has 1 aliphatic carbocycles. The van der Waals surface area contributed by atoms with E-state index in [1.807, 2.05) is 54.6 Å². The van der Waals surface area contributed by atoms with Gasteiger partial charge in [-0.3, -0.25) is 4.79 Å². The van der Waals surface area contributed by atoms with Crippen molar-refractivity contribution in [2.24, 2.45) is 0 Å². The topological polar surface area (TPSA) is 26.3 Å². The first-order valence-corrected chi connectivity index (χ1v) is 6.75. The largest absolute Gasteiger partial charge is 0.497 e. The van der Waals surface area contributed by atoms with E-state index in [9.17, 15) is 4.79 Å². The van der Waals surface area contributed by atoms with Crippen LogP contribution >= 0.6 is 0 Å². The maximum Gasteiger partial charge on any atom is 0.189 e. The number of benzene rings is 2. The molecule has 20 heavy (non-hydrogen) atoms. The second kappa shape index (κ2) is 5.33. The summed E-state index contributed by atoms with van der Waals surface area (Å²) < 4.78 is 5.21. The smallest absolute Gasteiger partial charge is 0.189 e. The van der Waals surface area contributed by atoms with Crippen molar-refractivity contribution in [2.75, 3.05) is 7.11 Å². The summed E-state index contributed by atoms with van der Waals surface area (Å²) in [6.07, 6.45) is 3.70. The van der Waals surface area contributed by atoms with Gasteiger partial charge in [-0.1, -0.05) is 36.4 Å². The Labute approximate surface area is 118 Å². The van der Waals surface area contributed by atoms with E-state index in [0.717, 1.165) is 40.9 Å². The summed E-state index contributed by atoms with van der Waals surface area (Å²) in [6, 6.07) is 15.6. The molecule has 2 aromatic rings. The lowest BCUT2D eigenvalue weighted by Crippen LogP contribution is -2.13. The highest BCUT2D eigenvalue weighted by atomic mass is 16.5. The molecule has 2 heteroatoms. The van der Waals surface area contributed by atoms with E-state index in [1.54, 1.807) is 7.11 Å². The van der Waals surface area contributed by atoms with Crippen molar-refractivity contribution in [1.29, 1.82) is 0 Å². The van der Waals surface area contributed by atoms with Crippen LogP contribution in [0.2, 0.25) is 0 Å². The van der Waals surface area contributed by atoms with Gasteiger partial charge in [0.05, 0.1) is 7.11 Å². The second-order valence-corrected chi connectivity index (χ2v) is 4.93. The van der Waals surface area contributed by atoms with Crippen LogP contribution in [0, 0.1) is 0 Å². The molecule has 0 saturated carbocycles.